The lowest BCUT2D eigenvalue weighted by atomic mass is 9.93. The van der Waals surface area contributed by atoms with Gasteiger partial charge in [0.25, 0.3) is 0 Å². The number of carbonyl (C=O) groups excluding carboxylic acids is 1. The van der Waals surface area contributed by atoms with Crippen molar-refractivity contribution in [1.29, 1.82) is 5.26 Å². The molecule has 0 unspecified atom stereocenters. The highest BCUT2D eigenvalue weighted by Gasteiger charge is 2.42. The maximum absolute atomic E-state index is 13.4. The maximum Gasteiger partial charge on any atom is 0.407 e. The first-order valence-electron chi connectivity index (χ1n) is 11.0. The third-order valence-electron chi connectivity index (χ3n) is 6.72. The van der Waals surface area contributed by atoms with Crippen LogP contribution in [0.15, 0.2) is 42.5 Å². The Hall–Kier alpha value is -3.31. The first-order valence-corrected chi connectivity index (χ1v) is 11.4. The van der Waals surface area contributed by atoms with E-state index in [9.17, 15) is 14.7 Å². The number of rotatable bonds is 4. The summed E-state index contributed by atoms with van der Waals surface area (Å²) in [5.41, 5.74) is 1.36. The van der Waals surface area contributed by atoms with Crippen LogP contribution < -0.4 is 4.90 Å². The maximum atomic E-state index is 13.4. The second-order valence-electron chi connectivity index (χ2n) is 8.62. The van der Waals surface area contributed by atoms with Crippen molar-refractivity contribution in [3.8, 4) is 6.07 Å². The SMILES string of the molecule is CN(C(=O)O)[C@@H]1CN(C(=O)C2CCN(c3cccc(C#N)n3)CC2)C[C@H]1c1ccc(Cl)cc1. The smallest absolute Gasteiger partial charge is 0.407 e. The number of halogens is 1. The number of piperidine rings is 1. The van der Waals surface area contributed by atoms with Gasteiger partial charge in [-0.1, -0.05) is 29.8 Å². The van der Waals surface area contributed by atoms with Crippen molar-refractivity contribution in [3.05, 3.63) is 58.7 Å². The van der Waals surface area contributed by atoms with Gasteiger partial charge in [-0.3, -0.25) is 4.79 Å². The Bertz CT molecular complexity index is 1060. The molecule has 2 aromatic rings. The Labute approximate surface area is 198 Å². The molecule has 2 atom stereocenters. The summed E-state index contributed by atoms with van der Waals surface area (Å²) >= 11 is 6.03. The van der Waals surface area contributed by atoms with Gasteiger partial charge in [-0.05, 0) is 42.7 Å². The second kappa shape index (κ2) is 9.67. The summed E-state index contributed by atoms with van der Waals surface area (Å²) in [5.74, 6) is 0.617. The van der Waals surface area contributed by atoms with E-state index in [0.29, 0.717) is 49.7 Å². The van der Waals surface area contributed by atoms with Gasteiger partial charge in [0, 0.05) is 50.1 Å². The Morgan fingerprint density at radius 1 is 1.15 bits per heavy atom. The summed E-state index contributed by atoms with van der Waals surface area (Å²) in [5, 5.41) is 19.3. The third-order valence-corrected chi connectivity index (χ3v) is 6.97. The molecule has 3 heterocycles. The summed E-state index contributed by atoms with van der Waals surface area (Å²) in [6.07, 6.45) is 0.381. The number of aromatic nitrogens is 1. The molecular weight excluding hydrogens is 442 g/mol. The van der Waals surface area contributed by atoms with Crippen LogP contribution in [0.3, 0.4) is 0 Å². The predicted molar refractivity (Wildman–Crippen MR) is 124 cm³/mol. The Morgan fingerprint density at radius 3 is 2.48 bits per heavy atom. The van der Waals surface area contributed by atoms with Crippen molar-refractivity contribution in [3.63, 3.8) is 0 Å². The van der Waals surface area contributed by atoms with Gasteiger partial charge < -0.3 is 19.8 Å². The van der Waals surface area contributed by atoms with Gasteiger partial charge >= 0.3 is 6.09 Å². The zero-order valence-corrected chi connectivity index (χ0v) is 19.1. The fraction of sp³-hybridized carbons (Fsp3) is 0.417. The molecule has 0 radical (unpaired) electrons. The van der Waals surface area contributed by atoms with Crippen molar-refractivity contribution in [1.82, 2.24) is 14.8 Å². The van der Waals surface area contributed by atoms with Gasteiger partial charge in [0.2, 0.25) is 5.91 Å². The van der Waals surface area contributed by atoms with Crippen LogP contribution in [0.4, 0.5) is 10.6 Å². The van der Waals surface area contributed by atoms with E-state index < -0.39 is 6.09 Å². The van der Waals surface area contributed by atoms with Crippen LogP contribution in [0.1, 0.15) is 30.0 Å². The van der Waals surface area contributed by atoms with Crippen LogP contribution >= 0.6 is 11.6 Å². The van der Waals surface area contributed by atoms with Crippen LogP contribution in [0.2, 0.25) is 5.02 Å². The lowest BCUT2D eigenvalue weighted by molar-refractivity contribution is -0.135. The molecule has 0 bridgehead atoms. The summed E-state index contributed by atoms with van der Waals surface area (Å²) < 4.78 is 0. The number of hydrogen-bond acceptors (Lipinski definition) is 5. The van der Waals surface area contributed by atoms with E-state index in [1.807, 2.05) is 29.2 Å². The third kappa shape index (κ3) is 4.88. The number of carboxylic acid groups (broad SMARTS) is 1. The number of nitriles is 1. The second-order valence-corrected chi connectivity index (χ2v) is 9.05. The quantitative estimate of drug-likeness (QED) is 0.739. The van der Waals surface area contributed by atoms with Crippen molar-refractivity contribution in [2.45, 2.75) is 24.8 Å². The monoisotopic (exact) mass is 467 g/mol. The average Bonchev–Trinajstić information content (AvgIpc) is 3.29. The van der Waals surface area contributed by atoms with E-state index >= 15 is 0 Å². The van der Waals surface area contributed by atoms with Gasteiger partial charge in [0.05, 0.1) is 6.04 Å². The van der Waals surface area contributed by atoms with Crippen LogP contribution in [-0.4, -0.2) is 71.2 Å². The Balaban J connectivity index is 1.44. The number of likely N-dealkylation sites (tertiary alicyclic amines) is 1. The number of nitrogens with zero attached hydrogens (tertiary/aromatic N) is 5. The summed E-state index contributed by atoms with van der Waals surface area (Å²) in [6, 6.07) is 14.5. The van der Waals surface area contributed by atoms with Gasteiger partial charge in [-0.15, -0.1) is 0 Å². The van der Waals surface area contributed by atoms with Gasteiger partial charge in [0.15, 0.2) is 0 Å². The van der Waals surface area contributed by atoms with Crippen molar-refractivity contribution in [2.24, 2.45) is 5.92 Å². The number of benzene rings is 1. The lowest BCUT2D eigenvalue weighted by Gasteiger charge is -2.34. The van der Waals surface area contributed by atoms with Crippen LogP contribution in [0, 0.1) is 17.2 Å². The molecule has 2 aliphatic rings. The van der Waals surface area contributed by atoms with Crippen molar-refractivity contribution in [2.75, 3.05) is 38.1 Å². The zero-order chi connectivity index (χ0) is 23.5. The van der Waals surface area contributed by atoms with Gasteiger partial charge in [0.1, 0.15) is 17.6 Å². The fourth-order valence-electron chi connectivity index (χ4n) is 4.81. The molecule has 33 heavy (non-hydrogen) atoms. The van der Waals surface area contributed by atoms with E-state index in [1.165, 1.54) is 4.90 Å². The number of pyridine rings is 1. The van der Waals surface area contributed by atoms with E-state index in [-0.39, 0.29) is 23.8 Å². The minimum absolute atomic E-state index is 0.0774. The van der Waals surface area contributed by atoms with E-state index in [4.69, 9.17) is 16.9 Å². The van der Waals surface area contributed by atoms with Gasteiger partial charge in [-0.2, -0.15) is 5.26 Å². The molecule has 1 N–H and O–H groups in total. The minimum Gasteiger partial charge on any atom is -0.465 e. The molecule has 2 amide bonds. The lowest BCUT2D eigenvalue weighted by Crippen LogP contribution is -2.44. The molecule has 9 heteroatoms. The molecule has 4 rings (SSSR count). The highest BCUT2D eigenvalue weighted by Crippen LogP contribution is 2.34. The molecule has 8 nitrogen and oxygen atoms in total. The molecular formula is C24H26ClN5O3. The molecule has 0 aliphatic carbocycles. The molecule has 2 saturated heterocycles. The normalized spacial score (nSPS) is 21.0. The number of carbonyl (C=O) groups is 2. The Kier molecular flexibility index (Phi) is 6.70. The molecule has 2 fully saturated rings. The summed E-state index contributed by atoms with van der Waals surface area (Å²) in [7, 11) is 1.56. The van der Waals surface area contributed by atoms with Crippen LogP contribution in [0.25, 0.3) is 0 Å². The fourth-order valence-corrected chi connectivity index (χ4v) is 4.94. The number of amides is 2. The standard InChI is InChI=1S/C24H26ClN5O3/c1-28(24(32)33)21-15-30(14-20(21)16-5-7-18(25)8-6-16)23(31)17-9-11-29(12-10-17)22-4-2-3-19(13-26)27-22/h2-8,17,20-21H,9-12,14-15H2,1H3,(H,32,33)/t20-,21+/m0/s1. The highest BCUT2D eigenvalue weighted by atomic mass is 35.5. The van der Waals surface area contributed by atoms with Crippen molar-refractivity contribution >= 4 is 29.4 Å². The highest BCUT2D eigenvalue weighted by molar-refractivity contribution is 6.30. The van der Waals surface area contributed by atoms with Crippen molar-refractivity contribution < 1.29 is 14.7 Å². The molecule has 2 aliphatic heterocycles. The summed E-state index contributed by atoms with van der Waals surface area (Å²) in [4.78, 5) is 34.6. The zero-order valence-electron chi connectivity index (χ0n) is 18.4. The van der Waals surface area contributed by atoms with E-state index in [0.717, 1.165) is 11.4 Å². The Morgan fingerprint density at radius 2 is 1.85 bits per heavy atom. The topological polar surface area (TPSA) is 101 Å². The molecule has 0 spiro atoms. The largest absolute Gasteiger partial charge is 0.465 e. The number of hydrogen-bond donors (Lipinski definition) is 1. The average molecular weight is 468 g/mol. The predicted octanol–water partition coefficient (Wildman–Crippen LogP) is 3.43. The minimum atomic E-state index is -1.01. The summed E-state index contributed by atoms with van der Waals surface area (Å²) in [6.45, 7) is 2.23. The molecule has 1 aromatic heterocycles. The van der Waals surface area contributed by atoms with Gasteiger partial charge in [-0.25, -0.2) is 9.78 Å². The van der Waals surface area contributed by atoms with E-state index in [2.05, 4.69) is 16.0 Å². The number of likely N-dealkylation sites (N-methyl/N-ethyl adjacent to an activating group) is 1. The van der Waals surface area contributed by atoms with Crippen LogP contribution in [0.5, 0.6) is 0 Å². The first-order chi connectivity index (χ1) is 15.9. The van der Waals surface area contributed by atoms with E-state index in [1.54, 1.807) is 25.2 Å². The first kappa shape index (κ1) is 22.9. The molecule has 0 saturated carbocycles. The number of anilines is 1. The van der Waals surface area contributed by atoms with Crippen LogP contribution in [-0.2, 0) is 4.79 Å². The molecule has 1 aromatic carbocycles. The molecule has 172 valence electrons.